The van der Waals surface area contributed by atoms with E-state index < -0.39 is 0 Å². The highest BCUT2D eigenvalue weighted by molar-refractivity contribution is 5.24. The molecule has 0 amide bonds. The predicted molar refractivity (Wildman–Crippen MR) is 68.7 cm³/mol. The summed E-state index contributed by atoms with van der Waals surface area (Å²) in [5.41, 5.74) is 1.09. The fourth-order valence-corrected chi connectivity index (χ4v) is 2.39. The van der Waals surface area contributed by atoms with Crippen LogP contribution in [0.3, 0.4) is 0 Å². The molecule has 1 aromatic carbocycles. The summed E-state index contributed by atoms with van der Waals surface area (Å²) in [5.74, 6) is -0.196. The summed E-state index contributed by atoms with van der Waals surface area (Å²) < 4.78 is 14.8. The summed E-state index contributed by atoms with van der Waals surface area (Å²) in [5, 5.41) is 4.16. The Kier molecular flexibility index (Phi) is 3.75. The molecule has 18 heavy (non-hydrogen) atoms. The Labute approximate surface area is 107 Å². The second-order valence-corrected chi connectivity index (χ2v) is 4.91. The minimum absolute atomic E-state index is 0.0455. The van der Waals surface area contributed by atoms with Gasteiger partial charge < -0.3 is 0 Å². The van der Waals surface area contributed by atoms with Gasteiger partial charge in [0.05, 0.1) is 6.54 Å². The number of aromatic nitrogens is 3. The zero-order chi connectivity index (χ0) is 13.0. The molecule has 0 radical (unpaired) electrons. The maximum atomic E-state index is 13.0. The first kappa shape index (κ1) is 12.7. The maximum absolute atomic E-state index is 13.0. The van der Waals surface area contributed by atoms with Crippen molar-refractivity contribution in [3.8, 4) is 0 Å². The zero-order valence-electron chi connectivity index (χ0n) is 10.8. The molecule has 0 saturated heterocycles. The van der Waals surface area contributed by atoms with Crippen molar-refractivity contribution in [3.05, 3.63) is 48.3 Å². The molecule has 0 aliphatic rings. The van der Waals surface area contributed by atoms with Gasteiger partial charge in [0, 0.05) is 5.41 Å². The first-order chi connectivity index (χ1) is 8.64. The molecule has 0 bridgehead atoms. The third-order valence-electron chi connectivity index (χ3n) is 3.32. The van der Waals surface area contributed by atoms with Gasteiger partial charge in [-0.05, 0) is 24.1 Å². The van der Waals surface area contributed by atoms with E-state index in [1.165, 1.54) is 18.5 Å². The van der Waals surface area contributed by atoms with Gasteiger partial charge in [-0.1, -0.05) is 32.4 Å². The van der Waals surface area contributed by atoms with Crippen LogP contribution < -0.4 is 0 Å². The van der Waals surface area contributed by atoms with Crippen LogP contribution in [0.15, 0.2) is 36.9 Å². The average Bonchev–Trinajstić information content (AvgIpc) is 2.82. The van der Waals surface area contributed by atoms with Crippen LogP contribution in [0, 0.1) is 5.82 Å². The Morgan fingerprint density at radius 1 is 1.28 bits per heavy atom. The smallest absolute Gasteiger partial charge is 0.137 e. The molecule has 0 N–H and O–H groups in total. The maximum Gasteiger partial charge on any atom is 0.137 e. The van der Waals surface area contributed by atoms with Crippen molar-refractivity contribution in [2.75, 3.05) is 0 Å². The van der Waals surface area contributed by atoms with Crippen molar-refractivity contribution in [2.24, 2.45) is 0 Å². The van der Waals surface area contributed by atoms with E-state index in [0.717, 1.165) is 24.9 Å². The Morgan fingerprint density at radius 2 is 2.00 bits per heavy atom. The van der Waals surface area contributed by atoms with E-state index in [4.69, 9.17) is 0 Å². The Bertz CT molecular complexity index is 478. The quantitative estimate of drug-likeness (QED) is 0.812. The molecule has 3 nitrogen and oxygen atoms in total. The molecule has 2 aromatic rings. The van der Waals surface area contributed by atoms with Gasteiger partial charge in [-0.15, -0.1) is 0 Å². The summed E-state index contributed by atoms with van der Waals surface area (Å²) in [6.45, 7) is 5.10. The monoisotopic (exact) mass is 247 g/mol. The Morgan fingerprint density at radius 3 is 2.56 bits per heavy atom. The van der Waals surface area contributed by atoms with E-state index in [0.29, 0.717) is 0 Å². The molecule has 1 unspecified atom stereocenters. The van der Waals surface area contributed by atoms with Gasteiger partial charge in [-0.25, -0.2) is 9.37 Å². The fourth-order valence-electron chi connectivity index (χ4n) is 2.39. The van der Waals surface area contributed by atoms with Crippen LogP contribution in [-0.2, 0) is 12.0 Å². The van der Waals surface area contributed by atoms with Crippen molar-refractivity contribution in [1.82, 2.24) is 14.8 Å². The number of halogens is 1. The molecule has 1 aromatic heterocycles. The highest BCUT2D eigenvalue weighted by Crippen LogP contribution is 2.30. The van der Waals surface area contributed by atoms with Gasteiger partial charge in [0.15, 0.2) is 0 Å². The second kappa shape index (κ2) is 5.29. The highest BCUT2D eigenvalue weighted by atomic mass is 19.1. The van der Waals surface area contributed by atoms with Gasteiger partial charge in [0.25, 0.3) is 0 Å². The topological polar surface area (TPSA) is 30.7 Å². The van der Waals surface area contributed by atoms with Crippen LogP contribution in [0.5, 0.6) is 0 Å². The Hall–Kier alpha value is -1.71. The van der Waals surface area contributed by atoms with E-state index in [9.17, 15) is 4.39 Å². The standard InChI is InChI=1S/C14H18FN3/c1-3-8-14(2,9-18-11-16-10-17-18)12-4-6-13(15)7-5-12/h4-7,10-11H,3,8-9H2,1-2H3. The van der Waals surface area contributed by atoms with Crippen molar-refractivity contribution in [1.29, 1.82) is 0 Å². The molecule has 96 valence electrons. The molecule has 1 heterocycles. The van der Waals surface area contributed by atoms with E-state index in [2.05, 4.69) is 23.9 Å². The summed E-state index contributed by atoms with van der Waals surface area (Å²) >= 11 is 0. The van der Waals surface area contributed by atoms with Gasteiger partial charge in [0.2, 0.25) is 0 Å². The van der Waals surface area contributed by atoms with Gasteiger partial charge in [-0.3, -0.25) is 4.68 Å². The number of hydrogen-bond donors (Lipinski definition) is 0. The molecule has 0 aliphatic carbocycles. The minimum atomic E-state index is -0.196. The number of rotatable bonds is 5. The van der Waals surface area contributed by atoms with E-state index in [1.807, 2.05) is 16.8 Å². The lowest BCUT2D eigenvalue weighted by Crippen LogP contribution is -2.28. The Balaban J connectivity index is 2.28. The number of nitrogens with zero attached hydrogens (tertiary/aromatic N) is 3. The lowest BCUT2D eigenvalue weighted by atomic mass is 9.78. The van der Waals surface area contributed by atoms with Crippen molar-refractivity contribution in [2.45, 2.75) is 38.6 Å². The van der Waals surface area contributed by atoms with E-state index in [1.54, 1.807) is 6.33 Å². The SMILES string of the molecule is CCCC(C)(Cn1cncn1)c1ccc(F)cc1. The molecule has 0 fully saturated rings. The number of hydrogen-bond acceptors (Lipinski definition) is 2. The zero-order valence-corrected chi connectivity index (χ0v) is 10.8. The van der Waals surface area contributed by atoms with Crippen molar-refractivity contribution < 1.29 is 4.39 Å². The normalized spacial score (nSPS) is 14.4. The first-order valence-electron chi connectivity index (χ1n) is 6.22. The van der Waals surface area contributed by atoms with E-state index >= 15 is 0 Å². The van der Waals surface area contributed by atoms with Crippen LogP contribution in [-0.4, -0.2) is 14.8 Å². The average molecular weight is 247 g/mol. The molecule has 0 aliphatic heterocycles. The number of benzene rings is 1. The van der Waals surface area contributed by atoms with Gasteiger partial charge in [-0.2, -0.15) is 5.10 Å². The fraction of sp³-hybridized carbons (Fsp3) is 0.429. The molecule has 0 spiro atoms. The summed E-state index contributed by atoms with van der Waals surface area (Å²) in [7, 11) is 0. The molecule has 4 heteroatoms. The van der Waals surface area contributed by atoms with Crippen LogP contribution in [0.2, 0.25) is 0 Å². The largest absolute Gasteiger partial charge is 0.252 e. The molecular weight excluding hydrogens is 229 g/mol. The van der Waals surface area contributed by atoms with Crippen LogP contribution in [0.4, 0.5) is 4.39 Å². The molecular formula is C14H18FN3. The summed E-state index contributed by atoms with van der Waals surface area (Å²) in [6, 6.07) is 6.76. The van der Waals surface area contributed by atoms with Crippen LogP contribution in [0.1, 0.15) is 32.3 Å². The lowest BCUT2D eigenvalue weighted by Gasteiger charge is -2.29. The first-order valence-corrected chi connectivity index (χ1v) is 6.22. The third-order valence-corrected chi connectivity index (χ3v) is 3.32. The predicted octanol–water partition coefficient (Wildman–Crippen LogP) is 3.18. The minimum Gasteiger partial charge on any atom is -0.252 e. The summed E-state index contributed by atoms with van der Waals surface area (Å²) in [4.78, 5) is 3.97. The summed E-state index contributed by atoms with van der Waals surface area (Å²) in [6.07, 6.45) is 5.36. The van der Waals surface area contributed by atoms with Crippen molar-refractivity contribution >= 4 is 0 Å². The van der Waals surface area contributed by atoms with Gasteiger partial charge >= 0.3 is 0 Å². The van der Waals surface area contributed by atoms with Crippen molar-refractivity contribution in [3.63, 3.8) is 0 Å². The van der Waals surface area contributed by atoms with Crippen LogP contribution >= 0.6 is 0 Å². The van der Waals surface area contributed by atoms with Gasteiger partial charge in [0.1, 0.15) is 18.5 Å². The highest BCUT2D eigenvalue weighted by Gasteiger charge is 2.26. The molecule has 0 saturated carbocycles. The third kappa shape index (κ3) is 2.75. The van der Waals surface area contributed by atoms with E-state index in [-0.39, 0.29) is 11.2 Å². The van der Waals surface area contributed by atoms with Crippen LogP contribution in [0.25, 0.3) is 0 Å². The second-order valence-electron chi connectivity index (χ2n) is 4.91. The molecule has 2 rings (SSSR count). The lowest BCUT2D eigenvalue weighted by molar-refractivity contribution is 0.346. The molecule has 1 atom stereocenters.